The first-order valence-corrected chi connectivity index (χ1v) is 6.65. The summed E-state index contributed by atoms with van der Waals surface area (Å²) in [5.41, 5.74) is 2.53. The summed E-state index contributed by atoms with van der Waals surface area (Å²) in [6.07, 6.45) is 0. The number of nitro benzene ring substituents is 1. The van der Waals surface area contributed by atoms with Crippen LogP contribution < -0.4 is 11.3 Å². The smallest absolute Gasteiger partial charge is 0.315 e. The lowest BCUT2D eigenvalue weighted by Crippen LogP contribution is -2.16. The Hall–Kier alpha value is -3.56. The third-order valence-electron chi connectivity index (χ3n) is 3.38. The number of nitrogens with two attached hydrogens (primary N) is 1. The Bertz CT molecular complexity index is 1030. The van der Waals surface area contributed by atoms with Gasteiger partial charge in [0.1, 0.15) is 29.1 Å². The number of aromatic hydroxyl groups is 1. The number of rotatable bonds is 2. The summed E-state index contributed by atoms with van der Waals surface area (Å²) in [6.45, 7) is 1.33. The first kappa shape index (κ1) is 16.8. The second-order valence-corrected chi connectivity index (χ2v) is 5.11. The molecular weight excluding hydrogens is 338 g/mol. The average molecular weight is 346 g/mol. The quantitative estimate of drug-likeness (QED) is 0.551. The highest BCUT2D eigenvalue weighted by Gasteiger charge is 2.28. The van der Waals surface area contributed by atoms with Gasteiger partial charge < -0.3 is 15.8 Å². The van der Waals surface area contributed by atoms with E-state index in [0.717, 1.165) is 6.07 Å². The monoisotopic (exact) mass is 345 g/mol. The van der Waals surface area contributed by atoms with Crippen LogP contribution in [0.3, 0.4) is 0 Å². The molecule has 0 aliphatic heterocycles. The maximum atomic E-state index is 11.9. The zero-order chi connectivity index (χ0) is 18.2. The van der Waals surface area contributed by atoms with E-state index < -0.39 is 27.5 Å². The number of anilines is 1. The molecule has 0 unspecified atom stereocenters. The van der Waals surface area contributed by atoms with E-state index in [1.807, 2.05) is 0 Å². The molecule has 4 N–H and O–H groups in total. The van der Waals surface area contributed by atoms with E-state index in [0.29, 0.717) is 0 Å². The number of nitrogens with one attached hydrogen (secondary N) is 1. The van der Waals surface area contributed by atoms with Gasteiger partial charge in [0.25, 0.3) is 5.56 Å². The van der Waals surface area contributed by atoms with Crippen molar-refractivity contribution in [1.29, 1.82) is 10.5 Å². The molecule has 0 aliphatic rings. The molecule has 2 rings (SSSR count). The third-order valence-corrected chi connectivity index (χ3v) is 3.78. The van der Waals surface area contributed by atoms with Crippen LogP contribution in [0.5, 0.6) is 5.75 Å². The van der Waals surface area contributed by atoms with Gasteiger partial charge in [0.05, 0.1) is 9.95 Å². The molecule has 1 heterocycles. The number of H-pyrrole nitrogens is 1. The summed E-state index contributed by atoms with van der Waals surface area (Å²) in [5.74, 6) is -1.16. The fraction of sp³-hybridized carbons (Fsp3) is 0.0714. The Morgan fingerprint density at radius 2 is 1.96 bits per heavy atom. The summed E-state index contributed by atoms with van der Waals surface area (Å²) < 4.78 is 0. The molecule has 1 aromatic heterocycles. The lowest BCUT2D eigenvalue weighted by molar-refractivity contribution is -0.386. The van der Waals surface area contributed by atoms with Crippen LogP contribution >= 0.6 is 11.6 Å². The number of pyridine rings is 1. The minimum Gasteiger partial charge on any atom is -0.502 e. The minimum absolute atomic E-state index is 0.00209. The van der Waals surface area contributed by atoms with Gasteiger partial charge in [-0.3, -0.25) is 14.9 Å². The Morgan fingerprint density at radius 3 is 2.46 bits per heavy atom. The summed E-state index contributed by atoms with van der Waals surface area (Å²) >= 11 is 5.96. The number of nitrogen functional groups attached to an aromatic ring is 1. The number of phenolic OH excluding ortho intramolecular Hbond substituents is 1. The summed E-state index contributed by atoms with van der Waals surface area (Å²) in [5, 5.41) is 39.8. The number of hydrogen-bond acceptors (Lipinski definition) is 7. The van der Waals surface area contributed by atoms with E-state index >= 15 is 0 Å². The van der Waals surface area contributed by atoms with Gasteiger partial charge in [-0.25, -0.2) is 0 Å². The van der Waals surface area contributed by atoms with Crippen LogP contribution in [0.1, 0.15) is 16.7 Å². The standard InChI is InChI=1S/C14H8ClN5O4/c1-5-9(15)2-6(12(21)11(5)20(23)24)10-7(3-16)13(18)19-14(22)8(10)4-17/h2,21H,1H3,(H3,18,19,22). The maximum absolute atomic E-state index is 11.9. The zero-order valence-corrected chi connectivity index (χ0v) is 12.8. The molecule has 0 amide bonds. The molecule has 9 nitrogen and oxygen atoms in total. The number of halogens is 1. The number of hydrogen-bond donors (Lipinski definition) is 3. The van der Waals surface area contributed by atoms with Gasteiger partial charge >= 0.3 is 5.69 Å². The van der Waals surface area contributed by atoms with Crippen molar-refractivity contribution in [3.8, 4) is 29.0 Å². The van der Waals surface area contributed by atoms with Crippen molar-refractivity contribution in [2.24, 2.45) is 0 Å². The van der Waals surface area contributed by atoms with Gasteiger partial charge in [0.2, 0.25) is 5.75 Å². The van der Waals surface area contributed by atoms with Crippen LogP contribution in [-0.4, -0.2) is 15.0 Å². The number of phenols is 1. The number of aromatic nitrogens is 1. The molecule has 10 heteroatoms. The first-order valence-electron chi connectivity index (χ1n) is 6.27. The van der Waals surface area contributed by atoms with Gasteiger partial charge in [-0.2, -0.15) is 10.5 Å². The normalized spacial score (nSPS) is 10.0. The Kier molecular flexibility index (Phi) is 4.14. The number of aromatic amines is 1. The number of nitrogens with zero attached hydrogens (tertiary/aromatic N) is 3. The summed E-state index contributed by atoms with van der Waals surface area (Å²) in [4.78, 5) is 24.4. The van der Waals surface area contributed by atoms with Crippen LogP contribution in [0, 0.1) is 39.7 Å². The highest BCUT2D eigenvalue weighted by Crippen LogP contribution is 2.44. The van der Waals surface area contributed by atoms with Gasteiger partial charge in [-0.05, 0) is 13.0 Å². The molecule has 2 aromatic rings. The molecule has 0 spiro atoms. The number of nitro groups is 1. The molecule has 0 radical (unpaired) electrons. The predicted octanol–water partition coefficient (Wildman–Crippen LogP) is 1.94. The molecule has 0 bridgehead atoms. The predicted molar refractivity (Wildman–Crippen MR) is 84.4 cm³/mol. The lowest BCUT2D eigenvalue weighted by atomic mass is 9.94. The Balaban J connectivity index is 3.10. The van der Waals surface area contributed by atoms with Crippen molar-refractivity contribution in [1.82, 2.24) is 4.98 Å². The molecule has 0 fully saturated rings. The molecule has 0 saturated heterocycles. The topological polar surface area (TPSA) is 170 Å². The SMILES string of the molecule is Cc1c(Cl)cc(-c2c(C#N)c(N)[nH]c(=O)c2C#N)c(O)c1[N+](=O)[O-]. The highest BCUT2D eigenvalue weighted by molar-refractivity contribution is 6.32. The zero-order valence-electron chi connectivity index (χ0n) is 12.0. The largest absolute Gasteiger partial charge is 0.502 e. The van der Waals surface area contributed by atoms with Gasteiger partial charge in [-0.1, -0.05) is 11.6 Å². The molecule has 0 atom stereocenters. The fourth-order valence-electron chi connectivity index (χ4n) is 2.25. The first-order chi connectivity index (χ1) is 11.2. The van der Waals surface area contributed by atoms with E-state index in [1.54, 1.807) is 12.1 Å². The number of benzene rings is 1. The summed E-state index contributed by atoms with van der Waals surface area (Å²) in [6, 6.07) is 4.44. The van der Waals surface area contributed by atoms with Gasteiger partial charge in [0.15, 0.2) is 0 Å². The van der Waals surface area contributed by atoms with Crippen molar-refractivity contribution in [2.45, 2.75) is 6.92 Å². The minimum atomic E-state index is -0.900. The van der Waals surface area contributed by atoms with Gasteiger partial charge in [0, 0.05) is 16.7 Å². The lowest BCUT2D eigenvalue weighted by Gasteiger charge is -2.12. The highest BCUT2D eigenvalue weighted by atomic mass is 35.5. The van der Waals surface area contributed by atoms with Crippen LogP contribution in [-0.2, 0) is 0 Å². The molecule has 0 aliphatic carbocycles. The van der Waals surface area contributed by atoms with Crippen molar-refractivity contribution in [3.05, 3.63) is 48.2 Å². The average Bonchev–Trinajstić information content (AvgIpc) is 2.50. The van der Waals surface area contributed by atoms with E-state index in [9.17, 15) is 30.5 Å². The fourth-order valence-corrected chi connectivity index (χ4v) is 2.45. The van der Waals surface area contributed by atoms with E-state index in [2.05, 4.69) is 4.98 Å². The number of nitriles is 2. The van der Waals surface area contributed by atoms with Crippen LogP contribution in [0.4, 0.5) is 11.5 Å². The van der Waals surface area contributed by atoms with Crippen molar-refractivity contribution in [3.63, 3.8) is 0 Å². The van der Waals surface area contributed by atoms with Crippen molar-refractivity contribution in [2.75, 3.05) is 5.73 Å². The van der Waals surface area contributed by atoms with Crippen LogP contribution in [0.25, 0.3) is 11.1 Å². The second-order valence-electron chi connectivity index (χ2n) is 4.70. The molecule has 120 valence electrons. The van der Waals surface area contributed by atoms with E-state index in [4.69, 9.17) is 17.3 Å². The van der Waals surface area contributed by atoms with Crippen molar-refractivity contribution >= 4 is 23.1 Å². The maximum Gasteiger partial charge on any atom is 0.315 e. The molecular formula is C14H8ClN5O4. The summed E-state index contributed by atoms with van der Waals surface area (Å²) in [7, 11) is 0. The second kappa shape index (κ2) is 5.91. The molecule has 1 aromatic carbocycles. The molecule has 24 heavy (non-hydrogen) atoms. The van der Waals surface area contributed by atoms with Crippen molar-refractivity contribution < 1.29 is 10.0 Å². The molecule has 0 saturated carbocycles. The Labute approximate surface area is 139 Å². The Morgan fingerprint density at radius 1 is 1.38 bits per heavy atom. The van der Waals surface area contributed by atoms with Crippen LogP contribution in [0.2, 0.25) is 5.02 Å². The van der Waals surface area contributed by atoms with Crippen LogP contribution in [0.15, 0.2) is 10.9 Å². The van der Waals surface area contributed by atoms with E-state index in [1.165, 1.54) is 6.92 Å². The third kappa shape index (κ3) is 2.39. The van der Waals surface area contributed by atoms with E-state index in [-0.39, 0.29) is 33.1 Å². The van der Waals surface area contributed by atoms with Gasteiger partial charge in [-0.15, -0.1) is 0 Å².